The molecule has 0 aliphatic carbocycles. The summed E-state index contributed by atoms with van der Waals surface area (Å²) in [5, 5.41) is 2.95. The fourth-order valence-electron chi connectivity index (χ4n) is 1.55. The SMILES string of the molecule is CCC[C@H](C)NC(=O)c1ccc(OC)cc1. The second-order valence-corrected chi connectivity index (χ2v) is 3.89. The first-order valence-electron chi connectivity index (χ1n) is 5.62. The average Bonchev–Trinajstić information content (AvgIpc) is 2.29. The number of rotatable bonds is 5. The van der Waals surface area contributed by atoms with Crippen LogP contribution in [0.1, 0.15) is 37.0 Å². The van der Waals surface area contributed by atoms with Crippen molar-refractivity contribution in [3.8, 4) is 5.75 Å². The maximum absolute atomic E-state index is 11.8. The summed E-state index contributed by atoms with van der Waals surface area (Å²) in [6, 6.07) is 7.35. The van der Waals surface area contributed by atoms with Gasteiger partial charge in [0, 0.05) is 11.6 Å². The lowest BCUT2D eigenvalue weighted by Gasteiger charge is -2.12. The van der Waals surface area contributed by atoms with Gasteiger partial charge in [0.25, 0.3) is 5.91 Å². The van der Waals surface area contributed by atoms with Crippen LogP contribution in [0.25, 0.3) is 0 Å². The Hall–Kier alpha value is -1.51. The topological polar surface area (TPSA) is 38.3 Å². The minimum atomic E-state index is -0.0244. The lowest BCUT2D eigenvalue weighted by Crippen LogP contribution is -2.32. The van der Waals surface area contributed by atoms with Crippen molar-refractivity contribution >= 4 is 5.91 Å². The van der Waals surface area contributed by atoms with Gasteiger partial charge in [0.2, 0.25) is 0 Å². The predicted molar refractivity (Wildman–Crippen MR) is 64.8 cm³/mol. The smallest absolute Gasteiger partial charge is 0.251 e. The maximum Gasteiger partial charge on any atom is 0.251 e. The molecule has 0 radical (unpaired) electrons. The first-order chi connectivity index (χ1) is 7.67. The molecule has 0 aliphatic rings. The van der Waals surface area contributed by atoms with Crippen LogP contribution in [0.15, 0.2) is 24.3 Å². The summed E-state index contributed by atoms with van der Waals surface area (Å²) >= 11 is 0. The summed E-state index contributed by atoms with van der Waals surface area (Å²) < 4.78 is 5.04. The molecule has 16 heavy (non-hydrogen) atoms. The van der Waals surface area contributed by atoms with Crippen molar-refractivity contribution in [2.24, 2.45) is 0 Å². The van der Waals surface area contributed by atoms with Crippen molar-refractivity contribution in [3.63, 3.8) is 0 Å². The van der Waals surface area contributed by atoms with Crippen molar-refractivity contribution < 1.29 is 9.53 Å². The summed E-state index contributed by atoms with van der Waals surface area (Å²) in [4.78, 5) is 11.8. The van der Waals surface area contributed by atoms with Gasteiger partial charge in [0.1, 0.15) is 5.75 Å². The number of hydrogen-bond acceptors (Lipinski definition) is 2. The molecule has 0 saturated carbocycles. The Kier molecular flexibility index (Phi) is 4.83. The summed E-state index contributed by atoms with van der Waals surface area (Å²) in [6.07, 6.45) is 2.08. The molecule has 0 fully saturated rings. The zero-order valence-corrected chi connectivity index (χ0v) is 10.1. The Bertz CT molecular complexity index is 332. The molecule has 0 spiro atoms. The van der Waals surface area contributed by atoms with Gasteiger partial charge in [-0.15, -0.1) is 0 Å². The Morgan fingerprint density at radius 3 is 2.50 bits per heavy atom. The van der Waals surface area contributed by atoms with Gasteiger partial charge >= 0.3 is 0 Å². The molecule has 0 aliphatic heterocycles. The molecule has 1 aromatic carbocycles. The van der Waals surface area contributed by atoms with E-state index in [9.17, 15) is 4.79 Å². The highest BCUT2D eigenvalue weighted by Crippen LogP contribution is 2.11. The number of methoxy groups -OCH3 is 1. The Morgan fingerprint density at radius 1 is 1.38 bits per heavy atom. The van der Waals surface area contributed by atoms with Crippen LogP contribution >= 0.6 is 0 Å². The molecule has 1 rings (SSSR count). The monoisotopic (exact) mass is 221 g/mol. The van der Waals surface area contributed by atoms with Crippen molar-refractivity contribution in [1.29, 1.82) is 0 Å². The number of carbonyl (C=O) groups excluding carboxylic acids is 1. The van der Waals surface area contributed by atoms with Gasteiger partial charge in [-0.05, 0) is 37.6 Å². The number of carbonyl (C=O) groups is 1. The quantitative estimate of drug-likeness (QED) is 0.830. The molecule has 1 aromatic rings. The summed E-state index contributed by atoms with van der Waals surface area (Å²) in [7, 11) is 1.61. The van der Waals surface area contributed by atoms with E-state index >= 15 is 0 Å². The minimum absolute atomic E-state index is 0.0244. The summed E-state index contributed by atoms with van der Waals surface area (Å²) in [5.41, 5.74) is 0.670. The highest BCUT2D eigenvalue weighted by Gasteiger charge is 2.08. The van der Waals surface area contributed by atoms with Crippen LogP contribution in [0.2, 0.25) is 0 Å². The second-order valence-electron chi connectivity index (χ2n) is 3.89. The largest absolute Gasteiger partial charge is 0.497 e. The van der Waals surface area contributed by atoms with Gasteiger partial charge in [0.05, 0.1) is 7.11 Å². The molecule has 88 valence electrons. The van der Waals surface area contributed by atoms with E-state index in [1.165, 1.54) is 0 Å². The van der Waals surface area contributed by atoms with Crippen molar-refractivity contribution in [3.05, 3.63) is 29.8 Å². The molecule has 1 atom stereocenters. The van der Waals surface area contributed by atoms with E-state index in [0.717, 1.165) is 18.6 Å². The average molecular weight is 221 g/mol. The molecule has 0 saturated heterocycles. The van der Waals surface area contributed by atoms with E-state index in [1.807, 2.05) is 6.92 Å². The van der Waals surface area contributed by atoms with Crippen molar-refractivity contribution in [1.82, 2.24) is 5.32 Å². The minimum Gasteiger partial charge on any atom is -0.497 e. The molecular formula is C13H19NO2. The standard InChI is InChI=1S/C13H19NO2/c1-4-5-10(2)14-13(15)11-6-8-12(16-3)9-7-11/h6-10H,4-5H2,1-3H3,(H,14,15)/t10-/m0/s1. The Labute approximate surface area is 96.8 Å². The first kappa shape index (κ1) is 12.6. The third-order valence-corrected chi connectivity index (χ3v) is 2.45. The lowest BCUT2D eigenvalue weighted by atomic mass is 10.1. The number of ether oxygens (including phenoxy) is 1. The number of benzene rings is 1. The van der Waals surface area contributed by atoms with Gasteiger partial charge in [-0.1, -0.05) is 13.3 Å². The van der Waals surface area contributed by atoms with E-state index in [0.29, 0.717) is 5.56 Å². The molecule has 3 nitrogen and oxygen atoms in total. The zero-order chi connectivity index (χ0) is 12.0. The van der Waals surface area contributed by atoms with E-state index in [4.69, 9.17) is 4.74 Å². The van der Waals surface area contributed by atoms with Crippen LogP contribution in [0.3, 0.4) is 0 Å². The van der Waals surface area contributed by atoms with Gasteiger partial charge in [-0.2, -0.15) is 0 Å². The molecule has 0 unspecified atom stereocenters. The number of hydrogen-bond donors (Lipinski definition) is 1. The fraction of sp³-hybridized carbons (Fsp3) is 0.462. The molecule has 0 bridgehead atoms. The fourth-order valence-corrected chi connectivity index (χ4v) is 1.55. The van der Waals surface area contributed by atoms with Crippen LogP contribution < -0.4 is 10.1 Å². The number of amides is 1. The predicted octanol–water partition coefficient (Wildman–Crippen LogP) is 2.61. The Balaban J connectivity index is 2.59. The molecule has 3 heteroatoms. The summed E-state index contributed by atoms with van der Waals surface area (Å²) in [5.74, 6) is 0.738. The first-order valence-corrected chi connectivity index (χ1v) is 5.62. The van der Waals surface area contributed by atoms with Crippen LogP contribution in [-0.4, -0.2) is 19.1 Å². The van der Waals surface area contributed by atoms with Gasteiger partial charge in [-0.3, -0.25) is 4.79 Å². The maximum atomic E-state index is 11.8. The second kappa shape index (κ2) is 6.16. The summed E-state index contributed by atoms with van der Waals surface area (Å²) in [6.45, 7) is 4.13. The third kappa shape index (κ3) is 3.57. The molecule has 0 aromatic heterocycles. The van der Waals surface area contributed by atoms with E-state index in [1.54, 1.807) is 31.4 Å². The highest BCUT2D eigenvalue weighted by atomic mass is 16.5. The molecule has 1 amide bonds. The molecule has 0 heterocycles. The van der Waals surface area contributed by atoms with E-state index < -0.39 is 0 Å². The van der Waals surface area contributed by atoms with E-state index in [-0.39, 0.29) is 11.9 Å². The van der Waals surface area contributed by atoms with Gasteiger partial charge in [0.15, 0.2) is 0 Å². The van der Waals surface area contributed by atoms with Crippen molar-refractivity contribution in [2.75, 3.05) is 7.11 Å². The lowest BCUT2D eigenvalue weighted by molar-refractivity contribution is 0.0938. The third-order valence-electron chi connectivity index (χ3n) is 2.45. The Morgan fingerprint density at radius 2 is 2.00 bits per heavy atom. The van der Waals surface area contributed by atoms with E-state index in [2.05, 4.69) is 12.2 Å². The zero-order valence-electron chi connectivity index (χ0n) is 10.1. The molecule has 1 N–H and O–H groups in total. The van der Waals surface area contributed by atoms with Crippen LogP contribution in [0.4, 0.5) is 0 Å². The van der Waals surface area contributed by atoms with Crippen LogP contribution in [0.5, 0.6) is 5.75 Å². The van der Waals surface area contributed by atoms with Crippen molar-refractivity contribution in [2.45, 2.75) is 32.7 Å². The number of nitrogens with one attached hydrogen (secondary N) is 1. The molecular weight excluding hydrogens is 202 g/mol. The van der Waals surface area contributed by atoms with Gasteiger partial charge in [-0.25, -0.2) is 0 Å². The van der Waals surface area contributed by atoms with Gasteiger partial charge < -0.3 is 10.1 Å². The van der Waals surface area contributed by atoms with Crippen LogP contribution in [-0.2, 0) is 0 Å². The van der Waals surface area contributed by atoms with Crippen LogP contribution in [0, 0.1) is 0 Å². The normalized spacial score (nSPS) is 11.9. The highest BCUT2D eigenvalue weighted by molar-refractivity contribution is 5.94.